The molecule has 1 saturated carbocycles. The van der Waals surface area contributed by atoms with Gasteiger partial charge < -0.3 is 11.2 Å². The maximum Gasteiger partial charge on any atom is 0.257 e. The van der Waals surface area contributed by atoms with E-state index in [2.05, 4.69) is 15.7 Å². The van der Waals surface area contributed by atoms with Gasteiger partial charge in [0.05, 0.1) is 22.8 Å². The fourth-order valence-corrected chi connectivity index (χ4v) is 3.23. The highest BCUT2D eigenvalue weighted by Crippen LogP contribution is 2.42. The Morgan fingerprint density at radius 3 is 2.92 bits per heavy atom. The van der Waals surface area contributed by atoms with Gasteiger partial charge in [0.25, 0.3) is 5.91 Å². The molecular weight excluding hydrogens is 304 g/mol. The summed E-state index contributed by atoms with van der Waals surface area (Å²) in [6, 6.07) is 9.81. The van der Waals surface area contributed by atoms with Gasteiger partial charge in [-0.05, 0) is 43.0 Å². The molecule has 7 heteroatoms. The standard InChI is InChI=1S/C17H18N6O/c18-17(19)22-16(24)12-9-21-23(15(12)10-6-7-10)14-5-1-4-13-11(14)3-2-8-20-13/h1-5,8-10,15,21H,6-7H2,(H4,18,19,22,24). The van der Waals surface area contributed by atoms with Crippen molar-refractivity contribution < 1.29 is 4.79 Å². The Hall–Kier alpha value is -3.09. The van der Waals surface area contributed by atoms with E-state index in [1.165, 1.54) is 0 Å². The third kappa shape index (κ3) is 2.44. The first kappa shape index (κ1) is 14.5. The molecule has 1 aromatic heterocycles. The Kier molecular flexibility index (Phi) is 3.34. The van der Waals surface area contributed by atoms with Crippen molar-refractivity contribution in [3.8, 4) is 0 Å². The highest BCUT2D eigenvalue weighted by molar-refractivity contribution is 6.06. The summed E-state index contributed by atoms with van der Waals surface area (Å²) >= 11 is 0. The van der Waals surface area contributed by atoms with Crippen LogP contribution in [0, 0.1) is 11.3 Å². The van der Waals surface area contributed by atoms with Crippen LogP contribution in [0.1, 0.15) is 12.8 Å². The molecule has 1 aromatic carbocycles. The summed E-state index contributed by atoms with van der Waals surface area (Å²) in [5.74, 6) is -0.257. The molecule has 2 aliphatic rings. The lowest BCUT2D eigenvalue weighted by atomic mass is 10.0. The molecule has 1 fully saturated rings. The molecule has 122 valence electrons. The zero-order chi connectivity index (χ0) is 16.7. The van der Waals surface area contributed by atoms with Crippen LogP contribution >= 0.6 is 0 Å². The highest BCUT2D eigenvalue weighted by Gasteiger charge is 2.43. The molecule has 7 nitrogen and oxygen atoms in total. The summed E-state index contributed by atoms with van der Waals surface area (Å²) < 4.78 is 0. The molecule has 0 bridgehead atoms. The van der Waals surface area contributed by atoms with Crippen molar-refractivity contribution in [2.75, 3.05) is 5.01 Å². The number of pyridine rings is 1. The second-order valence-corrected chi connectivity index (χ2v) is 6.10. The summed E-state index contributed by atoms with van der Waals surface area (Å²) in [5, 5.41) is 12.7. The Morgan fingerprint density at radius 2 is 2.17 bits per heavy atom. The number of hydrogen-bond acceptors (Lipinski definition) is 5. The number of aromatic nitrogens is 1. The number of benzene rings is 1. The van der Waals surface area contributed by atoms with Crippen molar-refractivity contribution in [2.45, 2.75) is 18.9 Å². The van der Waals surface area contributed by atoms with Gasteiger partial charge in [-0.25, -0.2) is 0 Å². The zero-order valence-corrected chi connectivity index (χ0v) is 13.0. The molecule has 2 heterocycles. The molecule has 0 spiro atoms. The number of carbonyl (C=O) groups excluding carboxylic acids is 1. The predicted octanol–water partition coefficient (Wildman–Crippen LogP) is 1.23. The van der Waals surface area contributed by atoms with Crippen molar-refractivity contribution in [1.29, 1.82) is 5.41 Å². The fourth-order valence-electron chi connectivity index (χ4n) is 3.23. The number of nitrogens with two attached hydrogens (primary N) is 1. The number of carbonyl (C=O) groups is 1. The number of amides is 1. The summed E-state index contributed by atoms with van der Waals surface area (Å²) in [5.41, 5.74) is 11.0. The minimum Gasteiger partial charge on any atom is -0.370 e. The van der Waals surface area contributed by atoms with E-state index in [0.29, 0.717) is 11.5 Å². The van der Waals surface area contributed by atoms with Crippen molar-refractivity contribution in [1.82, 2.24) is 15.7 Å². The summed E-state index contributed by atoms with van der Waals surface area (Å²) in [6.45, 7) is 0. The molecule has 1 aliphatic heterocycles. The Bertz CT molecular complexity index is 852. The minimum atomic E-state index is -0.344. The van der Waals surface area contributed by atoms with Crippen molar-refractivity contribution >= 4 is 28.5 Å². The van der Waals surface area contributed by atoms with Crippen LogP contribution in [-0.2, 0) is 4.79 Å². The molecule has 1 unspecified atom stereocenters. The zero-order valence-electron chi connectivity index (χ0n) is 13.0. The van der Waals surface area contributed by atoms with Crippen LogP contribution in [-0.4, -0.2) is 22.9 Å². The van der Waals surface area contributed by atoms with Crippen LogP contribution in [0.5, 0.6) is 0 Å². The average Bonchev–Trinajstić information content (AvgIpc) is 3.32. The third-order valence-corrected chi connectivity index (χ3v) is 4.42. The van der Waals surface area contributed by atoms with Gasteiger partial charge in [-0.1, -0.05) is 6.07 Å². The second kappa shape index (κ2) is 5.52. The molecule has 24 heavy (non-hydrogen) atoms. The number of anilines is 1. The van der Waals surface area contributed by atoms with Crippen LogP contribution in [0.4, 0.5) is 5.69 Å². The highest BCUT2D eigenvalue weighted by atomic mass is 16.2. The van der Waals surface area contributed by atoms with Crippen molar-refractivity contribution in [2.24, 2.45) is 11.7 Å². The number of hydrazine groups is 1. The number of nitrogens with zero attached hydrogens (tertiary/aromatic N) is 2. The van der Waals surface area contributed by atoms with Crippen LogP contribution in [0.2, 0.25) is 0 Å². The van der Waals surface area contributed by atoms with Gasteiger partial charge in [0.1, 0.15) is 0 Å². The van der Waals surface area contributed by atoms with Gasteiger partial charge in [0.2, 0.25) is 0 Å². The van der Waals surface area contributed by atoms with Gasteiger partial charge in [-0.3, -0.25) is 25.5 Å². The molecular formula is C17H18N6O. The lowest BCUT2D eigenvalue weighted by molar-refractivity contribution is -0.116. The van der Waals surface area contributed by atoms with E-state index in [9.17, 15) is 4.79 Å². The Labute approximate surface area is 139 Å². The largest absolute Gasteiger partial charge is 0.370 e. The molecule has 0 radical (unpaired) electrons. The van der Waals surface area contributed by atoms with Crippen LogP contribution < -0.4 is 21.5 Å². The number of nitrogens with one attached hydrogen (secondary N) is 3. The Morgan fingerprint density at radius 1 is 1.33 bits per heavy atom. The quantitative estimate of drug-likeness (QED) is 0.502. The first-order valence-corrected chi connectivity index (χ1v) is 7.90. The van der Waals surface area contributed by atoms with Crippen LogP contribution in [0.3, 0.4) is 0 Å². The third-order valence-electron chi connectivity index (χ3n) is 4.42. The fraction of sp³-hybridized carbons (Fsp3) is 0.235. The second-order valence-electron chi connectivity index (χ2n) is 6.10. The van der Waals surface area contributed by atoms with Crippen molar-refractivity contribution in [3.63, 3.8) is 0 Å². The number of guanidine groups is 1. The Balaban J connectivity index is 1.71. The van der Waals surface area contributed by atoms with E-state index in [1.807, 2.05) is 35.3 Å². The molecule has 1 atom stereocenters. The lowest BCUT2D eigenvalue weighted by Crippen LogP contribution is -2.44. The van der Waals surface area contributed by atoms with E-state index in [-0.39, 0.29) is 17.9 Å². The van der Waals surface area contributed by atoms with E-state index in [1.54, 1.807) is 12.4 Å². The maximum atomic E-state index is 12.4. The number of rotatable bonds is 3. The normalized spacial score (nSPS) is 19.8. The topological polar surface area (TPSA) is 107 Å². The van der Waals surface area contributed by atoms with E-state index >= 15 is 0 Å². The average molecular weight is 322 g/mol. The summed E-state index contributed by atoms with van der Waals surface area (Å²) in [4.78, 5) is 16.8. The van der Waals surface area contributed by atoms with Gasteiger partial charge in [0.15, 0.2) is 5.96 Å². The molecule has 1 aliphatic carbocycles. The minimum absolute atomic E-state index is 0.0739. The van der Waals surface area contributed by atoms with Gasteiger partial charge >= 0.3 is 0 Å². The molecule has 0 saturated heterocycles. The van der Waals surface area contributed by atoms with E-state index < -0.39 is 0 Å². The first-order valence-electron chi connectivity index (χ1n) is 7.90. The smallest absolute Gasteiger partial charge is 0.257 e. The molecule has 1 amide bonds. The van der Waals surface area contributed by atoms with Gasteiger partial charge in [-0.15, -0.1) is 0 Å². The molecule has 2 aromatic rings. The molecule has 4 rings (SSSR count). The van der Waals surface area contributed by atoms with Crippen molar-refractivity contribution in [3.05, 3.63) is 48.3 Å². The van der Waals surface area contributed by atoms with E-state index in [0.717, 1.165) is 29.4 Å². The first-order chi connectivity index (χ1) is 11.6. The van der Waals surface area contributed by atoms with E-state index in [4.69, 9.17) is 11.1 Å². The predicted molar refractivity (Wildman–Crippen MR) is 92.0 cm³/mol. The maximum absolute atomic E-state index is 12.4. The number of hydrogen-bond donors (Lipinski definition) is 4. The summed E-state index contributed by atoms with van der Waals surface area (Å²) in [6.07, 6.45) is 5.63. The molecule has 5 N–H and O–H groups in total. The number of fused-ring (bicyclic) bond motifs is 1. The lowest BCUT2D eigenvalue weighted by Gasteiger charge is -2.29. The monoisotopic (exact) mass is 322 g/mol. The van der Waals surface area contributed by atoms with Gasteiger partial charge in [0, 0.05) is 17.8 Å². The SMILES string of the molecule is N=C(N)NC(=O)C1=CNN(c2cccc3ncccc23)C1C1CC1. The summed E-state index contributed by atoms with van der Waals surface area (Å²) in [7, 11) is 0. The van der Waals surface area contributed by atoms with Crippen LogP contribution in [0.25, 0.3) is 10.9 Å². The van der Waals surface area contributed by atoms with Gasteiger partial charge in [-0.2, -0.15) is 0 Å². The van der Waals surface area contributed by atoms with Crippen LogP contribution in [0.15, 0.2) is 48.3 Å².